The Morgan fingerprint density at radius 3 is 2.71 bits per heavy atom. The highest BCUT2D eigenvalue weighted by Gasteiger charge is 2.45. The van der Waals surface area contributed by atoms with Crippen molar-refractivity contribution in [1.29, 1.82) is 5.26 Å². The molecular weight excluding hydrogens is 310 g/mol. The summed E-state index contributed by atoms with van der Waals surface area (Å²) in [4.78, 5) is 0.139. The van der Waals surface area contributed by atoms with Gasteiger partial charge in [0.15, 0.2) is 0 Å². The number of hydrogen-bond acceptors (Lipinski definition) is 4. The van der Waals surface area contributed by atoms with Gasteiger partial charge in [-0.1, -0.05) is 11.6 Å². The monoisotopic (exact) mass is 325 g/mol. The Labute approximate surface area is 129 Å². The van der Waals surface area contributed by atoms with Gasteiger partial charge in [0.1, 0.15) is 6.07 Å². The average Bonchev–Trinajstić information content (AvgIpc) is 3.02. The Hall–Kier alpha value is -1.13. The molecule has 1 aromatic rings. The van der Waals surface area contributed by atoms with Crippen LogP contribution >= 0.6 is 11.6 Å². The zero-order valence-electron chi connectivity index (χ0n) is 11.4. The Morgan fingerprint density at radius 1 is 1.33 bits per heavy atom. The number of rotatable bonds is 2. The van der Waals surface area contributed by atoms with Crippen LogP contribution in [0.3, 0.4) is 0 Å². The van der Waals surface area contributed by atoms with Crippen LogP contribution in [0.15, 0.2) is 23.1 Å². The van der Waals surface area contributed by atoms with Gasteiger partial charge in [-0.15, -0.1) is 0 Å². The van der Waals surface area contributed by atoms with Gasteiger partial charge in [0.05, 0.1) is 15.5 Å². The summed E-state index contributed by atoms with van der Waals surface area (Å²) in [6.07, 6.45) is 1.97. The molecule has 2 fully saturated rings. The number of nitrogens with zero attached hydrogens (tertiary/aromatic N) is 2. The van der Waals surface area contributed by atoms with Crippen LogP contribution in [0.4, 0.5) is 0 Å². The van der Waals surface area contributed by atoms with Crippen molar-refractivity contribution in [2.75, 3.05) is 13.1 Å². The highest BCUT2D eigenvalue weighted by Crippen LogP contribution is 2.39. The van der Waals surface area contributed by atoms with Gasteiger partial charge in [-0.05, 0) is 42.9 Å². The van der Waals surface area contributed by atoms with E-state index >= 15 is 0 Å². The molecule has 7 heteroatoms. The zero-order chi connectivity index (χ0) is 15.2. The van der Waals surface area contributed by atoms with Crippen LogP contribution in [0, 0.1) is 23.2 Å². The van der Waals surface area contributed by atoms with Gasteiger partial charge in [-0.2, -0.15) is 9.57 Å². The molecular formula is C14H16ClN3O2S. The van der Waals surface area contributed by atoms with Crippen molar-refractivity contribution in [1.82, 2.24) is 4.31 Å². The van der Waals surface area contributed by atoms with Crippen molar-refractivity contribution in [3.63, 3.8) is 0 Å². The lowest BCUT2D eigenvalue weighted by molar-refractivity contribution is 0.427. The lowest BCUT2D eigenvalue weighted by atomic mass is 9.98. The minimum absolute atomic E-state index is 0.0970. The Balaban J connectivity index is 1.88. The predicted octanol–water partition coefficient (Wildman–Crippen LogP) is 1.57. The second-order valence-corrected chi connectivity index (χ2v) is 8.09. The van der Waals surface area contributed by atoms with Crippen LogP contribution in [0.1, 0.15) is 18.4 Å². The van der Waals surface area contributed by atoms with Crippen molar-refractivity contribution in [2.45, 2.75) is 23.8 Å². The highest BCUT2D eigenvalue weighted by atomic mass is 35.5. The summed E-state index contributed by atoms with van der Waals surface area (Å²) in [5.41, 5.74) is 6.32. The van der Waals surface area contributed by atoms with Gasteiger partial charge < -0.3 is 5.73 Å². The highest BCUT2D eigenvalue weighted by molar-refractivity contribution is 7.89. The average molecular weight is 326 g/mol. The lowest BCUT2D eigenvalue weighted by Crippen LogP contribution is -2.33. The third-order valence-electron chi connectivity index (χ3n) is 4.58. The third kappa shape index (κ3) is 2.44. The molecule has 0 radical (unpaired) electrons. The van der Waals surface area contributed by atoms with Crippen LogP contribution in [-0.2, 0) is 10.0 Å². The molecule has 5 nitrogen and oxygen atoms in total. The van der Waals surface area contributed by atoms with Gasteiger partial charge in [0, 0.05) is 19.1 Å². The lowest BCUT2D eigenvalue weighted by Gasteiger charge is -2.18. The summed E-state index contributed by atoms with van der Waals surface area (Å²) in [7, 11) is -3.57. The van der Waals surface area contributed by atoms with E-state index in [4.69, 9.17) is 22.6 Å². The van der Waals surface area contributed by atoms with Crippen LogP contribution in [0.2, 0.25) is 5.02 Å². The van der Waals surface area contributed by atoms with E-state index in [0.717, 1.165) is 12.8 Å². The molecule has 0 spiro atoms. The van der Waals surface area contributed by atoms with Gasteiger partial charge in [-0.3, -0.25) is 0 Å². The van der Waals surface area contributed by atoms with Crippen molar-refractivity contribution in [2.24, 2.45) is 17.6 Å². The molecule has 112 valence electrons. The van der Waals surface area contributed by atoms with Crippen molar-refractivity contribution < 1.29 is 8.42 Å². The van der Waals surface area contributed by atoms with E-state index in [1.807, 2.05) is 6.07 Å². The first-order valence-electron chi connectivity index (χ1n) is 6.89. The summed E-state index contributed by atoms with van der Waals surface area (Å²) in [5, 5.41) is 9.02. The Morgan fingerprint density at radius 2 is 2.10 bits per heavy atom. The molecule has 1 saturated heterocycles. The molecule has 1 aliphatic heterocycles. The molecule has 0 aromatic heterocycles. The fraction of sp³-hybridized carbons (Fsp3) is 0.500. The number of fused-ring (bicyclic) bond motifs is 1. The van der Waals surface area contributed by atoms with Crippen LogP contribution in [0.25, 0.3) is 0 Å². The van der Waals surface area contributed by atoms with E-state index in [-0.39, 0.29) is 27.4 Å². The van der Waals surface area contributed by atoms with Gasteiger partial charge in [-0.25, -0.2) is 8.42 Å². The van der Waals surface area contributed by atoms with Crippen molar-refractivity contribution >= 4 is 21.6 Å². The molecule has 1 saturated carbocycles. The number of nitriles is 1. The van der Waals surface area contributed by atoms with Crippen LogP contribution in [-0.4, -0.2) is 31.9 Å². The summed E-state index contributed by atoms with van der Waals surface area (Å²) >= 11 is 5.94. The minimum atomic E-state index is -3.57. The van der Waals surface area contributed by atoms with Crippen LogP contribution in [0.5, 0.6) is 0 Å². The number of sulfonamides is 1. The Kier molecular flexibility index (Phi) is 3.70. The molecule has 3 atom stereocenters. The fourth-order valence-electron chi connectivity index (χ4n) is 3.36. The second kappa shape index (κ2) is 5.25. The first-order valence-corrected chi connectivity index (χ1v) is 8.70. The molecule has 1 aromatic carbocycles. The van der Waals surface area contributed by atoms with Crippen molar-refractivity contribution in [3.8, 4) is 6.07 Å². The second-order valence-electron chi connectivity index (χ2n) is 5.74. The maximum Gasteiger partial charge on any atom is 0.243 e. The smallest absolute Gasteiger partial charge is 0.243 e. The zero-order valence-corrected chi connectivity index (χ0v) is 12.9. The third-order valence-corrected chi connectivity index (χ3v) is 6.72. The summed E-state index contributed by atoms with van der Waals surface area (Å²) in [5.74, 6) is 0.622. The predicted molar refractivity (Wildman–Crippen MR) is 79.1 cm³/mol. The topological polar surface area (TPSA) is 87.2 Å². The standard InChI is InChI=1S/C14H16ClN3O2S/c15-13-5-11(3-1-9(13)6-16)21(19,20)18-7-10-2-4-14(17)12(10)8-18/h1,3,5,10,12,14H,2,4,7-8,17H2. The minimum Gasteiger partial charge on any atom is -0.327 e. The first kappa shape index (κ1) is 14.8. The van der Waals surface area contributed by atoms with Crippen LogP contribution < -0.4 is 5.73 Å². The number of halogens is 1. The molecule has 2 N–H and O–H groups in total. The van der Waals surface area contributed by atoms with Gasteiger partial charge >= 0.3 is 0 Å². The maximum atomic E-state index is 12.7. The van der Waals surface area contributed by atoms with E-state index in [2.05, 4.69) is 0 Å². The fourth-order valence-corrected chi connectivity index (χ4v) is 5.21. The number of benzene rings is 1. The van der Waals surface area contributed by atoms with Gasteiger partial charge in [0.25, 0.3) is 0 Å². The van der Waals surface area contributed by atoms with E-state index in [0.29, 0.717) is 19.0 Å². The molecule has 21 heavy (non-hydrogen) atoms. The van der Waals surface area contributed by atoms with E-state index in [1.54, 1.807) is 0 Å². The quantitative estimate of drug-likeness (QED) is 0.894. The Bertz CT molecular complexity index is 713. The summed E-state index contributed by atoms with van der Waals surface area (Å²) in [6, 6.07) is 6.25. The normalized spacial score (nSPS) is 29.3. The SMILES string of the molecule is N#Cc1ccc(S(=O)(=O)N2CC3CCC(N)C3C2)cc1Cl. The van der Waals surface area contributed by atoms with E-state index in [9.17, 15) is 8.42 Å². The molecule has 2 aliphatic rings. The molecule has 1 aliphatic carbocycles. The molecule has 3 unspecified atom stereocenters. The number of hydrogen-bond donors (Lipinski definition) is 1. The summed E-state index contributed by atoms with van der Waals surface area (Å²) in [6.45, 7) is 1.00. The first-order chi connectivity index (χ1) is 9.93. The largest absolute Gasteiger partial charge is 0.327 e. The summed E-state index contributed by atoms with van der Waals surface area (Å²) < 4.78 is 26.8. The van der Waals surface area contributed by atoms with Gasteiger partial charge in [0.2, 0.25) is 10.0 Å². The molecule has 1 heterocycles. The number of nitrogens with two attached hydrogens (primary N) is 1. The molecule has 0 amide bonds. The van der Waals surface area contributed by atoms with E-state index < -0.39 is 10.0 Å². The molecule has 0 bridgehead atoms. The molecule has 3 rings (SSSR count). The van der Waals surface area contributed by atoms with E-state index in [1.165, 1.54) is 22.5 Å². The maximum absolute atomic E-state index is 12.7. The van der Waals surface area contributed by atoms with Crippen molar-refractivity contribution in [3.05, 3.63) is 28.8 Å².